The molecule has 0 aliphatic carbocycles. The number of sulfonamides is 1. The molecule has 5 rings (SSSR count). The quantitative estimate of drug-likeness (QED) is 0.534. The molecular weight excluding hydrogens is 464 g/mol. The third-order valence-electron chi connectivity index (χ3n) is 6.13. The summed E-state index contributed by atoms with van der Waals surface area (Å²) < 4.78 is 33.4. The second-order valence-corrected chi connectivity index (χ2v) is 11.8. The summed E-state index contributed by atoms with van der Waals surface area (Å²) in [4.78, 5) is 18.1. The molecule has 0 unspecified atom stereocenters. The first-order valence-corrected chi connectivity index (χ1v) is 13.8. The van der Waals surface area contributed by atoms with Gasteiger partial charge in [-0.3, -0.25) is 4.79 Å². The second-order valence-electron chi connectivity index (χ2n) is 7.94. The third-order valence-corrected chi connectivity index (χ3v) is 9.97. The zero-order chi connectivity index (χ0) is 22.3. The van der Waals surface area contributed by atoms with Crippen molar-refractivity contribution < 1.29 is 17.9 Å². The smallest absolute Gasteiger partial charge is 0.254 e. The average Bonchev–Trinajstić information content (AvgIpc) is 3.59. The molecule has 1 saturated heterocycles. The Kier molecular flexibility index (Phi) is 5.83. The van der Waals surface area contributed by atoms with Crippen molar-refractivity contribution in [3.05, 3.63) is 68.0 Å². The molecular formula is C23H24N2O4S3. The molecule has 2 aliphatic heterocycles. The van der Waals surface area contributed by atoms with Crippen molar-refractivity contribution in [1.82, 2.24) is 9.21 Å². The Morgan fingerprint density at radius 2 is 1.88 bits per heavy atom. The summed E-state index contributed by atoms with van der Waals surface area (Å²) in [5, 5.41) is 4.10. The molecule has 1 atom stereocenters. The number of ether oxygens (including phenoxy) is 1. The first kappa shape index (κ1) is 21.6. The van der Waals surface area contributed by atoms with E-state index >= 15 is 0 Å². The number of carbonyl (C=O) groups excluding carboxylic acids is 1. The van der Waals surface area contributed by atoms with Gasteiger partial charge in [0.25, 0.3) is 5.91 Å². The van der Waals surface area contributed by atoms with Gasteiger partial charge in [-0.25, -0.2) is 8.42 Å². The molecule has 2 aliphatic rings. The summed E-state index contributed by atoms with van der Waals surface area (Å²) in [5.41, 5.74) is 1.53. The van der Waals surface area contributed by atoms with Crippen LogP contribution in [-0.2, 0) is 16.4 Å². The fourth-order valence-corrected chi connectivity index (χ4v) is 7.99. The predicted octanol–water partition coefficient (Wildman–Crippen LogP) is 4.39. The van der Waals surface area contributed by atoms with Crippen LogP contribution in [0.3, 0.4) is 0 Å². The topological polar surface area (TPSA) is 66.9 Å². The maximum atomic E-state index is 13.7. The molecule has 4 heterocycles. The van der Waals surface area contributed by atoms with Gasteiger partial charge in [0.05, 0.1) is 13.2 Å². The van der Waals surface area contributed by atoms with E-state index in [4.69, 9.17) is 4.74 Å². The van der Waals surface area contributed by atoms with Gasteiger partial charge in [-0.15, -0.1) is 22.7 Å². The van der Waals surface area contributed by atoms with Crippen LogP contribution in [0.1, 0.15) is 44.6 Å². The second kappa shape index (κ2) is 8.62. The Morgan fingerprint density at radius 1 is 1.06 bits per heavy atom. The number of thiophene rings is 2. The Morgan fingerprint density at radius 3 is 2.59 bits per heavy atom. The highest BCUT2D eigenvalue weighted by Crippen LogP contribution is 2.40. The van der Waals surface area contributed by atoms with Gasteiger partial charge in [-0.2, -0.15) is 4.31 Å². The highest BCUT2D eigenvalue weighted by molar-refractivity contribution is 7.89. The minimum absolute atomic E-state index is 0.0636. The van der Waals surface area contributed by atoms with Crippen LogP contribution in [0.15, 0.2) is 52.1 Å². The maximum absolute atomic E-state index is 13.7. The van der Waals surface area contributed by atoms with Gasteiger partial charge in [0.1, 0.15) is 10.6 Å². The summed E-state index contributed by atoms with van der Waals surface area (Å²) in [6, 6.07) is 10.7. The molecule has 1 fully saturated rings. The number of fused-ring (bicyclic) bond motifs is 1. The number of amides is 1. The summed E-state index contributed by atoms with van der Waals surface area (Å²) in [5.74, 6) is 0.0998. The number of hydrogen-bond acceptors (Lipinski definition) is 6. The molecule has 0 saturated carbocycles. The van der Waals surface area contributed by atoms with E-state index in [1.165, 1.54) is 22.4 Å². The maximum Gasteiger partial charge on any atom is 0.254 e. The van der Waals surface area contributed by atoms with Crippen LogP contribution in [-0.4, -0.2) is 50.3 Å². The van der Waals surface area contributed by atoms with Gasteiger partial charge < -0.3 is 9.64 Å². The van der Waals surface area contributed by atoms with Crippen molar-refractivity contribution in [3.63, 3.8) is 0 Å². The number of nitrogens with zero attached hydrogens (tertiary/aromatic N) is 2. The molecule has 168 valence electrons. The monoisotopic (exact) mass is 488 g/mol. The number of methoxy groups -OCH3 is 1. The zero-order valence-corrected chi connectivity index (χ0v) is 20.1. The van der Waals surface area contributed by atoms with Gasteiger partial charge in [-0.05, 0) is 65.9 Å². The van der Waals surface area contributed by atoms with Crippen molar-refractivity contribution in [1.29, 1.82) is 0 Å². The zero-order valence-electron chi connectivity index (χ0n) is 17.7. The van der Waals surface area contributed by atoms with Crippen molar-refractivity contribution >= 4 is 38.6 Å². The van der Waals surface area contributed by atoms with Crippen molar-refractivity contribution in [2.75, 3.05) is 26.7 Å². The minimum atomic E-state index is -3.72. The molecule has 0 bridgehead atoms. The van der Waals surface area contributed by atoms with Crippen LogP contribution < -0.4 is 4.74 Å². The fraction of sp³-hybridized carbons (Fsp3) is 0.348. The lowest BCUT2D eigenvalue weighted by Crippen LogP contribution is -2.40. The predicted molar refractivity (Wildman–Crippen MR) is 126 cm³/mol. The van der Waals surface area contributed by atoms with Crippen LogP contribution in [0.25, 0.3) is 0 Å². The normalized spacial score (nSPS) is 19.2. The Hall–Kier alpha value is -2.20. The van der Waals surface area contributed by atoms with E-state index in [1.54, 1.807) is 34.8 Å². The Balaban J connectivity index is 1.54. The standard InChI is InChI=1S/C23H24N2O4S3/c1-29-18-7-6-16(15-21(18)32(27,28)24-10-2-3-11-24)23(26)25-12-8-19-17(9-14-31-19)22(25)20-5-4-13-30-20/h4-7,9,13-15,22H,2-3,8,10-12H2,1H3/t22-/m1/s1. The molecule has 3 aromatic rings. The van der Waals surface area contributed by atoms with Gasteiger partial charge in [0.2, 0.25) is 10.0 Å². The molecule has 0 N–H and O–H groups in total. The van der Waals surface area contributed by atoms with Crippen LogP contribution in [0, 0.1) is 0 Å². The highest BCUT2D eigenvalue weighted by atomic mass is 32.2. The molecule has 2 aromatic heterocycles. The summed E-state index contributed by atoms with van der Waals surface area (Å²) in [7, 11) is -2.27. The lowest BCUT2D eigenvalue weighted by atomic mass is 9.97. The van der Waals surface area contributed by atoms with E-state index in [0.717, 1.165) is 29.7 Å². The van der Waals surface area contributed by atoms with Crippen molar-refractivity contribution in [2.45, 2.75) is 30.2 Å². The van der Waals surface area contributed by atoms with Crippen LogP contribution in [0.5, 0.6) is 5.75 Å². The average molecular weight is 489 g/mol. The number of hydrogen-bond donors (Lipinski definition) is 0. The first-order chi connectivity index (χ1) is 15.5. The summed E-state index contributed by atoms with van der Waals surface area (Å²) in [6.45, 7) is 1.59. The van der Waals surface area contributed by atoms with Gasteiger partial charge >= 0.3 is 0 Å². The number of carbonyl (C=O) groups is 1. The number of rotatable bonds is 5. The molecule has 0 radical (unpaired) electrons. The van der Waals surface area contributed by atoms with E-state index in [0.29, 0.717) is 25.2 Å². The van der Waals surface area contributed by atoms with Crippen LogP contribution >= 0.6 is 22.7 Å². The minimum Gasteiger partial charge on any atom is -0.495 e. The molecule has 6 nitrogen and oxygen atoms in total. The molecule has 0 spiro atoms. The summed E-state index contributed by atoms with van der Waals surface area (Å²) in [6.07, 6.45) is 2.49. The Labute approximate surface area is 196 Å². The largest absolute Gasteiger partial charge is 0.495 e. The Bertz CT molecular complexity index is 1230. The van der Waals surface area contributed by atoms with Gasteiger partial charge in [0.15, 0.2) is 0 Å². The first-order valence-electron chi connectivity index (χ1n) is 10.6. The lowest BCUT2D eigenvalue weighted by molar-refractivity contribution is 0.0698. The van der Waals surface area contributed by atoms with Gasteiger partial charge in [0, 0.05) is 35.0 Å². The van der Waals surface area contributed by atoms with E-state index in [1.807, 2.05) is 16.3 Å². The van der Waals surface area contributed by atoms with E-state index in [9.17, 15) is 13.2 Å². The molecule has 32 heavy (non-hydrogen) atoms. The van der Waals surface area contributed by atoms with Crippen molar-refractivity contribution in [3.8, 4) is 5.75 Å². The van der Waals surface area contributed by atoms with Gasteiger partial charge in [-0.1, -0.05) is 6.07 Å². The van der Waals surface area contributed by atoms with Crippen LogP contribution in [0.4, 0.5) is 0 Å². The SMILES string of the molecule is COc1ccc(C(=O)N2CCc3sccc3[C@@H]2c2cccs2)cc1S(=O)(=O)N1CCCC1. The highest BCUT2D eigenvalue weighted by Gasteiger charge is 2.35. The number of benzene rings is 1. The molecule has 9 heteroatoms. The van der Waals surface area contributed by atoms with E-state index in [-0.39, 0.29) is 22.6 Å². The summed E-state index contributed by atoms with van der Waals surface area (Å²) >= 11 is 3.36. The molecule has 1 aromatic carbocycles. The molecule has 1 amide bonds. The van der Waals surface area contributed by atoms with Crippen LogP contribution in [0.2, 0.25) is 0 Å². The van der Waals surface area contributed by atoms with Crippen molar-refractivity contribution in [2.24, 2.45) is 0 Å². The van der Waals surface area contributed by atoms with E-state index < -0.39 is 10.0 Å². The fourth-order valence-electron chi connectivity index (χ4n) is 4.53. The lowest BCUT2D eigenvalue weighted by Gasteiger charge is -2.35. The third kappa shape index (κ3) is 3.67. The van der Waals surface area contributed by atoms with E-state index in [2.05, 4.69) is 17.5 Å².